The summed E-state index contributed by atoms with van der Waals surface area (Å²) in [5, 5.41) is 1.76. The molecule has 0 spiro atoms. The Labute approximate surface area is 118 Å². The number of alkyl halides is 3. The molecule has 1 rings (SSSR count). The number of esters is 2. The lowest BCUT2D eigenvalue weighted by molar-refractivity contribution is -0.174. The first kappa shape index (κ1) is 17.0. The minimum Gasteiger partial charge on any atom is -0.465 e. The summed E-state index contributed by atoms with van der Waals surface area (Å²) in [7, 11) is 0. The van der Waals surface area contributed by atoms with Gasteiger partial charge in [0.15, 0.2) is 0 Å². The number of amides is 1. The van der Waals surface area contributed by atoms with Crippen LogP contribution in [-0.2, 0) is 23.9 Å². The molecular formula is C12H14F3NO5. The highest BCUT2D eigenvalue weighted by Gasteiger charge is 2.38. The summed E-state index contributed by atoms with van der Waals surface area (Å²) in [6.07, 6.45) is -4.75. The summed E-state index contributed by atoms with van der Waals surface area (Å²) in [5.74, 6) is -2.99. The number of rotatable bonds is 4. The standard InChI is InChI=1S/C12H14F3NO5/c1-7(12(13,14)15)10(19)16-6-9(18)21-11(2)3-4-20-8(17)5-11/h1,3-6H2,2H3,(H,16,19). The van der Waals surface area contributed by atoms with E-state index >= 15 is 0 Å². The van der Waals surface area contributed by atoms with E-state index in [4.69, 9.17) is 4.74 Å². The maximum Gasteiger partial charge on any atom is 0.421 e. The molecule has 1 N–H and O–H groups in total. The summed E-state index contributed by atoms with van der Waals surface area (Å²) in [6.45, 7) is 3.43. The SMILES string of the molecule is C=C(C(=O)NCC(=O)OC1(C)CCOC(=O)C1)C(F)(F)F. The van der Waals surface area contributed by atoms with Crippen molar-refractivity contribution in [3.8, 4) is 0 Å². The van der Waals surface area contributed by atoms with Gasteiger partial charge in [0.25, 0.3) is 5.91 Å². The molecule has 1 amide bonds. The van der Waals surface area contributed by atoms with Gasteiger partial charge in [-0.2, -0.15) is 13.2 Å². The summed E-state index contributed by atoms with van der Waals surface area (Å²) in [5.41, 5.74) is -2.69. The van der Waals surface area contributed by atoms with Crippen molar-refractivity contribution in [2.75, 3.05) is 13.2 Å². The molecule has 1 atom stereocenters. The quantitative estimate of drug-likeness (QED) is 0.615. The van der Waals surface area contributed by atoms with Crippen LogP contribution in [0.5, 0.6) is 0 Å². The Morgan fingerprint density at radius 1 is 1.48 bits per heavy atom. The molecule has 0 aliphatic carbocycles. The van der Waals surface area contributed by atoms with E-state index in [-0.39, 0.29) is 19.4 Å². The molecule has 1 unspecified atom stereocenters. The van der Waals surface area contributed by atoms with Gasteiger partial charge in [0, 0.05) is 6.42 Å². The summed E-state index contributed by atoms with van der Waals surface area (Å²) in [4.78, 5) is 33.7. The molecule has 1 fully saturated rings. The second kappa shape index (κ2) is 6.15. The zero-order valence-electron chi connectivity index (χ0n) is 11.2. The number of hydrogen-bond donors (Lipinski definition) is 1. The van der Waals surface area contributed by atoms with Crippen LogP contribution in [0.15, 0.2) is 12.2 Å². The first-order valence-corrected chi connectivity index (χ1v) is 5.95. The number of nitrogens with one attached hydrogen (secondary N) is 1. The van der Waals surface area contributed by atoms with Crippen LogP contribution in [0.2, 0.25) is 0 Å². The zero-order valence-corrected chi connectivity index (χ0v) is 11.2. The predicted molar refractivity (Wildman–Crippen MR) is 62.9 cm³/mol. The lowest BCUT2D eigenvalue weighted by Gasteiger charge is -2.32. The molecule has 1 saturated heterocycles. The van der Waals surface area contributed by atoms with Crippen LogP contribution in [0.1, 0.15) is 19.8 Å². The smallest absolute Gasteiger partial charge is 0.421 e. The minimum atomic E-state index is -4.87. The molecule has 0 saturated carbocycles. The Balaban J connectivity index is 2.46. The molecule has 1 aliphatic rings. The van der Waals surface area contributed by atoms with E-state index in [2.05, 4.69) is 11.3 Å². The van der Waals surface area contributed by atoms with Gasteiger partial charge >= 0.3 is 18.1 Å². The number of ether oxygens (including phenoxy) is 2. The molecular weight excluding hydrogens is 295 g/mol. The van der Waals surface area contributed by atoms with E-state index in [0.717, 1.165) is 0 Å². The Morgan fingerprint density at radius 3 is 2.62 bits per heavy atom. The second-order valence-electron chi connectivity index (χ2n) is 4.73. The van der Waals surface area contributed by atoms with Crippen molar-refractivity contribution in [2.45, 2.75) is 31.5 Å². The Kier molecular flexibility index (Phi) is 4.97. The topological polar surface area (TPSA) is 81.7 Å². The zero-order chi connectivity index (χ0) is 16.3. The van der Waals surface area contributed by atoms with E-state index in [1.54, 1.807) is 5.32 Å². The van der Waals surface area contributed by atoms with Crippen molar-refractivity contribution < 1.29 is 37.0 Å². The second-order valence-corrected chi connectivity index (χ2v) is 4.73. The van der Waals surface area contributed by atoms with Crippen LogP contribution in [-0.4, -0.2) is 42.8 Å². The van der Waals surface area contributed by atoms with Crippen LogP contribution in [0, 0.1) is 0 Å². The molecule has 0 aromatic rings. The minimum absolute atomic E-state index is 0.0832. The normalized spacial score (nSPS) is 22.2. The van der Waals surface area contributed by atoms with Gasteiger partial charge < -0.3 is 14.8 Å². The van der Waals surface area contributed by atoms with Crippen molar-refractivity contribution in [1.29, 1.82) is 0 Å². The van der Waals surface area contributed by atoms with E-state index in [9.17, 15) is 27.6 Å². The van der Waals surface area contributed by atoms with Gasteiger partial charge in [-0.25, -0.2) is 0 Å². The van der Waals surface area contributed by atoms with Crippen molar-refractivity contribution >= 4 is 17.8 Å². The third-order valence-electron chi connectivity index (χ3n) is 2.78. The van der Waals surface area contributed by atoms with Crippen molar-refractivity contribution in [2.24, 2.45) is 0 Å². The molecule has 118 valence electrons. The van der Waals surface area contributed by atoms with E-state index in [1.807, 2.05) is 0 Å². The molecule has 21 heavy (non-hydrogen) atoms. The molecule has 1 aliphatic heterocycles. The summed E-state index contributed by atoms with van der Waals surface area (Å²) in [6, 6.07) is 0. The predicted octanol–water partition coefficient (Wildman–Crippen LogP) is 0.860. The van der Waals surface area contributed by atoms with Crippen LogP contribution >= 0.6 is 0 Å². The van der Waals surface area contributed by atoms with Crippen molar-refractivity contribution in [3.05, 3.63) is 12.2 Å². The van der Waals surface area contributed by atoms with Gasteiger partial charge in [0.05, 0.1) is 13.0 Å². The fourth-order valence-corrected chi connectivity index (χ4v) is 1.61. The van der Waals surface area contributed by atoms with Crippen LogP contribution in [0.25, 0.3) is 0 Å². The molecule has 0 bridgehead atoms. The number of carbonyl (C=O) groups is 3. The largest absolute Gasteiger partial charge is 0.465 e. The first-order chi connectivity index (χ1) is 9.53. The molecule has 6 nitrogen and oxygen atoms in total. The van der Waals surface area contributed by atoms with E-state index < -0.39 is 41.7 Å². The maximum absolute atomic E-state index is 12.2. The monoisotopic (exact) mass is 309 g/mol. The van der Waals surface area contributed by atoms with Crippen molar-refractivity contribution in [3.63, 3.8) is 0 Å². The Hall–Kier alpha value is -2.06. The third-order valence-corrected chi connectivity index (χ3v) is 2.78. The number of carbonyl (C=O) groups excluding carboxylic acids is 3. The van der Waals surface area contributed by atoms with Gasteiger partial charge in [-0.3, -0.25) is 14.4 Å². The van der Waals surface area contributed by atoms with E-state index in [0.29, 0.717) is 0 Å². The van der Waals surface area contributed by atoms with Gasteiger partial charge in [-0.15, -0.1) is 0 Å². The Morgan fingerprint density at radius 2 is 2.10 bits per heavy atom. The highest BCUT2D eigenvalue weighted by molar-refractivity contribution is 5.95. The molecule has 0 aromatic heterocycles. The fraction of sp³-hybridized carbons (Fsp3) is 0.583. The van der Waals surface area contributed by atoms with Gasteiger partial charge in [0.2, 0.25) is 0 Å². The number of halogens is 3. The number of cyclic esters (lactones) is 1. The lowest BCUT2D eigenvalue weighted by atomic mass is 9.96. The van der Waals surface area contributed by atoms with Crippen LogP contribution in [0.4, 0.5) is 13.2 Å². The molecule has 1 heterocycles. The first-order valence-electron chi connectivity index (χ1n) is 5.95. The third kappa shape index (κ3) is 5.09. The van der Waals surface area contributed by atoms with Gasteiger partial charge in [-0.05, 0) is 6.92 Å². The van der Waals surface area contributed by atoms with Gasteiger partial charge in [-0.1, -0.05) is 6.58 Å². The van der Waals surface area contributed by atoms with E-state index in [1.165, 1.54) is 6.92 Å². The fourth-order valence-electron chi connectivity index (χ4n) is 1.61. The highest BCUT2D eigenvalue weighted by Crippen LogP contribution is 2.25. The van der Waals surface area contributed by atoms with Crippen molar-refractivity contribution in [1.82, 2.24) is 5.32 Å². The molecule has 0 aromatic carbocycles. The maximum atomic E-state index is 12.2. The Bertz CT molecular complexity index is 474. The summed E-state index contributed by atoms with van der Waals surface area (Å²) < 4.78 is 46.2. The molecule has 9 heteroatoms. The highest BCUT2D eigenvalue weighted by atomic mass is 19.4. The number of hydrogen-bond acceptors (Lipinski definition) is 5. The average Bonchev–Trinajstić information content (AvgIpc) is 2.33. The van der Waals surface area contributed by atoms with Crippen LogP contribution < -0.4 is 5.32 Å². The average molecular weight is 309 g/mol. The lowest BCUT2D eigenvalue weighted by Crippen LogP contribution is -2.43. The molecule has 0 radical (unpaired) electrons. The van der Waals surface area contributed by atoms with Gasteiger partial charge in [0.1, 0.15) is 17.7 Å². The summed E-state index contributed by atoms with van der Waals surface area (Å²) >= 11 is 0. The van der Waals surface area contributed by atoms with Crippen LogP contribution in [0.3, 0.4) is 0 Å².